The number of hydrogen-bond acceptors (Lipinski definition) is 6. The van der Waals surface area contributed by atoms with E-state index in [4.69, 9.17) is 19.5 Å². The van der Waals surface area contributed by atoms with E-state index in [1.54, 1.807) is 6.07 Å². The largest absolute Gasteiger partial charge is 0.490 e. The molecule has 0 saturated carbocycles. The lowest BCUT2D eigenvalue weighted by atomic mass is 10.1. The molecule has 32 heavy (non-hydrogen) atoms. The Morgan fingerprint density at radius 3 is 2.38 bits per heavy atom. The van der Waals surface area contributed by atoms with E-state index in [1.807, 2.05) is 4.90 Å². The van der Waals surface area contributed by atoms with Crippen molar-refractivity contribution in [1.29, 1.82) is 0 Å². The minimum Gasteiger partial charge on any atom is -0.475 e. The fraction of sp³-hybridized carbons (Fsp3) is 0.600. The second-order valence-corrected chi connectivity index (χ2v) is 8.09. The molecule has 2 aromatic heterocycles. The van der Waals surface area contributed by atoms with Crippen LogP contribution in [0, 0.1) is 0 Å². The number of amides is 1. The highest BCUT2D eigenvalue weighted by atomic mass is 19.4. The lowest BCUT2D eigenvalue weighted by Crippen LogP contribution is -2.30. The molecule has 0 bridgehead atoms. The summed E-state index contributed by atoms with van der Waals surface area (Å²) in [7, 11) is 0. The monoisotopic (exact) mass is 457 g/mol. The van der Waals surface area contributed by atoms with Crippen LogP contribution in [0.25, 0.3) is 0 Å². The number of hydrogen-bond donors (Lipinski definition) is 1. The molecule has 0 unspecified atom stereocenters. The van der Waals surface area contributed by atoms with Gasteiger partial charge in [-0.25, -0.2) is 4.79 Å². The maximum Gasteiger partial charge on any atom is 0.490 e. The van der Waals surface area contributed by atoms with Gasteiger partial charge in [-0.2, -0.15) is 18.3 Å². The maximum atomic E-state index is 12.6. The first-order valence-corrected chi connectivity index (χ1v) is 10.4. The molecule has 2 aliphatic heterocycles. The van der Waals surface area contributed by atoms with Crippen LogP contribution in [0.5, 0.6) is 0 Å². The van der Waals surface area contributed by atoms with Crippen molar-refractivity contribution in [1.82, 2.24) is 24.7 Å². The molecule has 9 nitrogen and oxygen atoms in total. The van der Waals surface area contributed by atoms with Crippen molar-refractivity contribution in [2.75, 3.05) is 13.1 Å². The number of rotatable bonds is 4. The molecular formula is C20H26F3N5O4. The van der Waals surface area contributed by atoms with E-state index in [0.29, 0.717) is 18.8 Å². The van der Waals surface area contributed by atoms with Crippen LogP contribution in [0.15, 0.2) is 16.8 Å². The number of carboxylic acids is 1. The van der Waals surface area contributed by atoms with Crippen LogP contribution in [0.4, 0.5) is 13.2 Å². The fourth-order valence-corrected chi connectivity index (χ4v) is 3.84. The highest BCUT2D eigenvalue weighted by Gasteiger charge is 2.38. The summed E-state index contributed by atoms with van der Waals surface area (Å²) < 4.78 is 38.9. The Kier molecular flexibility index (Phi) is 7.22. The first-order valence-electron chi connectivity index (χ1n) is 10.4. The van der Waals surface area contributed by atoms with Crippen molar-refractivity contribution >= 4 is 11.9 Å². The van der Waals surface area contributed by atoms with Crippen molar-refractivity contribution in [3.05, 3.63) is 35.0 Å². The molecule has 0 spiro atoms. The Bertz CT molecular complexity index is 934. The minimum absolute atomic E-state index is 0.104. The summed E-state index contributed by atoms with van der Waals surface area (Å²) in [5, 5.41) is 15.7. The van der Waals surface area contributed by atoms with E-state index >= 15 is 0 Å². The SMILES string of the molecule is CC(C)n1nc(CN2CCCCC2)c2c1CN(C(=O)c1ccno1)C2.O=C(O)C(F)(F)F. The van der Waals surface area contributed by atoms with Crippen LogP contribution >= 0.6 is 0 Å². The molecule has 176 valence electrons. The average molecular weight is 457 g/mol. The van der Waals surface area contributed by atoms with E-state index in [0.717, 1.165) is 31.0 Å². The summed E-state index contributed by atoms with van der Waals surface area (Å²) in [4.78, 5) is 25.8. The predicted molar refractivity (Wildman–Crippen MR) is 106 cm³/mol. The van der Waals surface area contributed by atoms with E-state index in [-0.39, 0.29) is 11.9 Å². The van der Waals surface area contributed by atoms with Gasteiger partial charge in [0, 0.05) is 24.2 Å². The number of carbonyl (C=O) groups excluding carboxylic acids is 1. The third kappa shape index (κ3) is 5.47. The van der Waals surface area contributed by atoms with Crippen molar-refractivity contribution in [3.8, 4) is 0 Å². The number of fused-ring (bicyclic) bond motifs is 1. The lowest BCUT2D eigenvalue weighted by molar-refractivity contribution is -0.192. The van der Waals surface area contributed by atoms with E-state index < -0.39 is 12.1 Å². The molecule has 1 N–H and O–H groups in total. The molecule has 0 aliphatic carbocycles. The molecule has 1 fully saturated rings. The van der Waals surface area contributed by atoms with Gasteiger partial charge in [-0.15, -0.1) is 0 Å². The fourth-order valence-electron chi connectivity index (χ4n) is 3.84. The number of likely N-dealkylation sites (tertiary alicyclic amines) is 1. The summed E-state index contributed by atoms with van der Waals surface area (Å²) in [6.45, 7) is 8.63. The van der Waals surface area contributed by atoms with E-state index in [2.05, 4.69) is 28.6 Å². The standard InChI is InChI=1S/C18H25N5O2.C2HF3O2/c1-13(2)23-16-12-22(18(24)17-6-7-19-25-17)10-14(16)15(20-23)11-21-8-4-3-5-9-21;3-2(4,5)1(6)7/h6-7,13H,3-5,8-12H2,1-2H3;(H,6,7). The molecule has 0 aromatic carbocycles. The van der Waals surface area contributed by atoms with Gasteiger partial charge in [0.05, 0.1) is 30.7 Å². The first kappa shape index (κ1) is 23.8. The van der Waals surface area contributed by atoms with Gasteiger partial charge in [-0.05, 0) is 39.8 Å². The van der Waals surface area contributed by atoms with Gasteiger partial charge >= 0.3 is 12.1 Å². The van der Waals surface area contributed by atoms with Crippen LogP contribution in [0.2, 0.25) is 0 Å². The summed E-state index contributed by atoms with van der Waals surface area (Å²) in [5.41, 5.74) is 3.50. The number of alkyl halides is 3. The van der Waals surface area contributed by atoms with Crippen molar-refractivity contribution in [3.63, 3.8) is 0 Å². The smallest absolute Gasteiger partial charge is 0.475 e. The maximum absolute atomic E-state index is 12.6. The predicted octanol–water partition coefficient (Wildman–Crippen LogP) is 3.23. The van der Waals surface area contributed by atoms with Crippen LogP contribution < -0.4 is 0 Å². The molecular weight excluding hydrogens is 431 g/mol. The third-order valence-electron chi connectivity index (χ3n) is 5.38. The van der Waals surface area contributed by atoms with Gasteiger partial charge in [0.1, 0.15) is 0 Å². The summed E-state index contributed by atoms with van der Waals surface area (Å²) >= 11 is 0. The Morgan fingerprint density at radius 1 is 1.19 bits per heavy atom. The Labute approximate surface area is 182 Å². The Hall–Kier alpha value is -2.89. The minimum atomic E-state index is -5.08. The summed E-state index contributed by atoms with van der Waals surface area (Å²) in [5.74, 6) is -2.56. The number of piperidine rings is 1. The van der Waals surface area contributed by atoms with Gasteiger partial charge in [-0.1, -0.05) is 11.6 Å². The average Bonchev–Trinajstić information content (AvgIpc) is 3.46. The quantitative estimate of drug-likeness (QED) is 0.752. The van der Waals surface area contributed by atoms with Gasteiger partial charge in [0.15, 0.2) is 0 Å². The molecule has 2 aliphatic rings. The van der Waals surface area contributed by atoms with Crippen LogP contribution in [0.1, 0.15) is 66.7 Å². The molecule has 4 heterocycles. The highest BCUT2D eigenvalue weighted by Crippen LogP contribution is 2.30. The van der Waals surface area contributed by atoms with E-state index in [1.165, 1.54) is 31.0 Å². The molecule has 4 rings (SSSR count). The molecule has 1 saturated heterocycles. The number of aliphatic carboxylic acids is 1. The topological polar surface area (TPSA) is 105 Å². The second-order valence-electron chi connectivity index (χ2n) is 8.09. The van der Waals surface area contributed by atoms with Gasteiger partial charge in [0.25, 0.3) is 5.91 Å². The first-order chi connectivity index (χ1) is 15.1. The molecule has 0 atom stereocenters. The lowest BCUT2D eigenvalue weighted by Gasteiger charge is -2.26. The van der Waals surface area contributed by atoms with Gasteiger partial charge in [-0.3, -0.25) is 14.4 Å². The molecule has 1 amide bonds. The van der Waals surface area contributed by atoms with Crippen LogP contribution in [-0.2, 0) is 24.4 Å². The zero-order valence-electron chi connectivity index (χ0n) is 17.9. The second kappa shape index (κ2) is 9.72. The van der Waals surface area contributed by atoms with Gasteiger partial charge < -0.3 is 14.5 Å². The zero-order valence-corrected chi connectivity index (χ0v) is 17.9. The Balaban J connectivity index is 0.000000360. The zero-order chi connectivity index (χ0) is 23.5. The number of nitrogens with zero attached hydrogens (tertiary/aromatic N) is 5. The molecule has 12 heteroatoms. The molecule has 2 aromatic rings. The third-order valence-corrected chi connectivity index (χ3v) is 5.38. The Morgan fingerprint density at radius 2 is 1.84 bits per heavy atom. The van der Waals surface area contributed by atoms with Crippen molar-refractivity contribution in [2.24, 2.45) is 0 Å². The molecule has 0 radical (unpaired) electrons. The van der Waals surface area contributed by atoms with Crippen LogP contribution in [-0.4, -0.2) is 61.0 Å². The van der Waals surface area contributed by atoms with Crippen LogP contribution in [0.3, 0.4) is 0 Å². The van der Waals surface area contributed by atoms with Crippen molar-refractivity contribution in [2.45, 2.75) is 65.0 Å². The number of halogens is 3. The number of carboxylic acid groups (broad SMARTS) is 1. The number of aromatic nitrogens is 3. The van der Waals surface area contributed by atoms with Crippen molar-refractivity contribution < 1.29 is 32.4 Å². The normalized spacial score (nSPS) is 16.6. The summed E-state index contributed by atoms with van der Waals surface area (Å²) in [6.07, 6.45) is 0.287. The number of carbonyl (C=O) groups is 2. The highest BCUT2D eigenvalue weighted by molar-refractivity contribution is 5.91. The van der Waals surface area contributed by atoms with E-state index in [9.17, 15) is 18.0 Å². The summed E-state index contributed by atoms with van der Waals surface area (Å²) in [6, 6.07) is 1.90. The van der Waals surface area contributed by atoms with Gasteiger partial charge in [0.2, 0.25) is 5.76 Å².